The first-order valence-corrected chi connectivity index (χ1v) is 3.10. The van der Waals surface area contributed by atoms with E-state index in [1.165, 1.54) is 0 Å². The molecule has 0 fully saturated rings. The molecular formula is C5H5N5O2. The molecule has 2 aromatic heterocycles. The Labute approximate surface area is 65.4 Å². The van der Waals surface area contributed by atoms with Gasteiger partial charge in [-0.2, -0.15) is 9.71 Å². The standard InChI is InChI=1S/C5H5N5O2/c6-5-8-3-2(4(11)9-5)7-1-10(3)12/h1,12H,(H3,6,8,9,11). The van der Waals surface area contributed by atoms with Gasteiger partial charge >= 0.3 is 0 Å². The fraction of sp³-hybridized carbons (Fsp3) is 0. The smallest absolute Gasteiger partial charge is 0.280 e. The predicted molar refractivity (Wildman–Crippen MR) is 39.7 cm³/mol. The van der Waals surface area contributed by atoms with Crippen LogP contribution in [-0.2, 0) is 0 Å². The third-order valence-corrected chi connectivity index (χ3v) is 1.41. The van der Waals surface area contributed by atoms with E-state index >= 15 is 0 Å². The maximum Gasteiger partial charge on any atom is 0.280 e. The summed E-state index contributed by atoms with van der Waals surface area (Å²) in [7, 11) is 0. The van der Waals surface area contributed by atoms with Crippen molar-refractivity contribution >= 4 is 17.1 Å². The minimum atomic E-state index is -0.467. The highest BCUT2D eigenvalue weighted by Gasteiger charge is 2.07. The van der Waals surface area contributed by atoms with Gasteiger partial charge in [-0.25, -0.2) is 4.98 Å². The number of nitrogens with one attached hydrogen (secondary N) is 1. The lowest BCUT2D eigenvalue weighted by molar-refractivity contribution is 0.196. The average Bonchev–Trinajstić information content (AvgIpc) is 2.33. The van der Waals surface area contributed by atoms with Crippen molar-refractivity contribution < 1.29 is 5.21 Å². The molecule has 0 radical (unpaired) electrons. The largest absolute Gasteiger partial charge is 0.425 e. The average molecular weight is 167 g/mol. The second kappa shape index (κ2) is 1.97. The van der Waals surface area contributed by atoms with Crippen LogP contribution in [-0.4, -0.2) is 24.9 Å². The van der Waals surface area contributed by atoms with Gasteiger partial charge < -0.3 is 10.9 Å². The molecule has 0 aliphatic heterocycles. The number of nitrogen functional groups attached to an aromatic ring is 1. The SMILES string of the molecule is Nc1nc2c(ncn2O)c(=O)[nH]1. The Bertz CT molecular complexity index is 484. The van der Waals surface area contributed by atoms with Crippen molar-refractivity contribution in [3.63, 3.8) is 0 Å². The molecule has 0 saturated heterocycles. The maximum absolute atomic E-state index is 11.1. The molecule has 0 spiro atoms. The molecule has 0 aliphatic carbocycles. The molecule has 7 heteroatoms. The summed E-state index contributed by atoms with van der Waals surface area (Å²) in [6, 6.07) is 0. The highest BCUT2D eigenvalue weighted by molar-refractivity contribution is 5.69. The quantitative estimate of drug-likeness (QED) is 0.433. The number of nitrogens with two attached hydrogens (primary N) is 1. The number of hydrogen-bond acceptors (Lipinski definition) is 5. The summed E-state index contributed by atoms with van der Waals surface area (Å²) in [6.07, 6.45) is 1.08. The highest BCUT2D eigenvalue weighted by atomic mass is 16.5. The molecule has 62 valence electrons. The van der Waals surface area contributed by atoms with Crippen LogP contribution in [0.1, 0.15) is 0 Å². The molecule has 0 saturated carbocycles. The third kappa shape index (κ3) is 0.729. The Morgan fingerprint density at radius 3 is 3.17 bits per heavy atom. The van der Waals surface area contributed by atoms with Crippen LogP contribution < -0.4 is 11.3 Å². The molecule has 7 nitrogen and oxygen atoms in total. The Hall–Kier alpha value is -2.05. The number of hydrogen-bond donors (Lipinski definition) is 3. The normalized spacial score (nSPS) is 10.7. The van der Waals surface area contributed by atoms with Crippen molar-refractivity contribution in [1.82, 2.24) is 19.7 Å². The predicted octanol–water partition coefficient (Wildman–Crippen LogP) is -1.06. The van der Waals surface area contributed by atoms with Crippen molar-refractivity contribution in [3.8, 4) is 0 Å². The summed E-state index contributed by atoms with van der Waals surface area (Å²) in [5, 5.41) is 9.04. The van der Waals surface area contributed by atoms with Crippen molar-refractivity contribution in [2.45, 2.75) is 0 Å². The zero-order valence-corrected chi connectivity index (χ0v) is 5.85. The molecule has 0 amide bonds. The zero-order chi connectivity index (χ0) is 8.72. The summed E-state index contributed by atoms with van der Waals surface area (Å²) < 4.78 is 0.640. The first-order chi connectivity index (χ1) is 5.68. The molecule has 4 N–H and O–H groups in total. The van der Waals surface area contributed by atoms with Gasteiger partial charge in [0.15, 0.2) is 5.52 Å². The topological polar surface area (TPSA) is 110 Å². The summed E-state index contributed by atoms with van der Waals surface area (Å²) in [4.78, 5) is 20.6. The summed E-state index contributed by atoms with van der Waals surface area (Å²) >= 11 is 0. The second-order valence-electron chi connectivity index (χ2n) is 2.21. The van der Waals surface area contributed by atoms with Crippen molar-refractivity contribution in [2.24, 2.45) is 0 Å². The number of rotatable bonds is 0. The van der Waals surface area contributed by atoms with Gasteiger partial charge in [-0.05, 0) is 0 Å². The Morgan fingerprint density at radius 2 is 2.42 bits per heavy atom. The zero-order valence-electron chi connectivity index (χ0n) is 5.85. The lowest BCUT2D eigenvalue weighted by Gasteiger charge is -1.92. The summed E-state index contributed by atoms with van der Waals surface area (Å²) in [5.41, 5.74) is 4.88. The van der Waals surface area contributed by atoms with Crippen LogP contribution in [0.2, 0.25) is 0 Å². The summed E-state index contributed by atoms with van der Waals surface area (Å²) in [6.45, 7) is 0. The van der Waals surface area contributed by atoms with E-state index in [0.29, 0.717) is 4.73 Å². The molecule has 0 atom stereocenters. The number of nitrogens with zero attached hydrogens (tertiary/aromatic N) is 3. The molecule has 2 rings (SSSR count). The monoisotopic (exact) mass is 167 g/mol. The fourth-order valence-corrected chi connectivity index (χ4v) is 0.915. The molecule has 0 unspecified atom stereocenters. The number of fused-ring (bicyclic) bond motifs is 1. The van der Waals surface area contributed by atoms with Gasteiger partial charge in [0.25, 0.3) is 5.56 Å². The van der Waals surface area contributed by atoms with Gasteiger partial charge in [-0.15, -0.1) is 0 Å². The van der Waals surface area contributed by atoms with Crippen molar-refractivity contribution in [2.75, 3.05) is 5.73 Å². The minimum Gasteiger partial charge on any atom is -0.425 e. The van der Waals surface area contributed by atoms with Crippen LogP contribution in [0.4, 0.5) is 5.95 Å². The van der Waals surface area contributed by atoms with Crippen LogP contribution in [0.25, 0.3) is 11.2 Å². The summed E-state index contributed by atoms with van der Waals surface area (Å²) in [5.74, 6) is -0.0525. The molecule has 2 aromatic rings. The van der Waals surface area contributed by atoms with E-state index in [1.807, 2.05) is 0 Å². The number of anilines is 1. The van der Waals surface area contributed by atoms with Crippen molar-refractivity contribution in [1.29, 1.82) is 0 Å². The molecule has 2 heterocycles. The lowest BCUT2D eigenvalue weighted by Crippen LogP contribution is -2.11. The van der Waals surface area contributed by atoms with Crippen LogP contribution in [0.5, 0.6) is 0 Å². The van der Waals surface area contributed by atoms with Crippen LogP contribution in [0, 0.1) is 0 Å². The Morgan fingerprint density at radius 1 is 1.67 bits per heavy atom. The molecule has 0 bridgehead atoms. The maximum atomic E-state index is 11.1. The van der Waals surface area contributed by atoms with Gasteiger partial charge in [-0.3, -0.25) is 9.78 Å². The number of H-pyrrole nitrogens is 1. The Kier molecular flexibility index (Phi) is 1.09. The minimum absolute atomic E-state index is 0.0521. The van der Waals surface area contributed by atoms with E-state index in [2.05, 4.69) is 15.0 Å². The first kappa shape index (κ1) is 6.65. The molecule has 0 aliphatic rings. The van der Waals surface area contributed by atoms with Crippen LogP contribution in [0.15, 0.2) is 11.1 Å². The van der Waals surface area contributed by atoms with Gasteiger partial charge in [0.1, 0.15) is 6.33 Å². The molecule has 0 aromatic carbocycles. The number of aromatic nitrogens is 4. The van der Waals surface area contributed by atoms with Gasteiger partial charge in [0.2, 0.25) is 11.6 Å². The van der Waals surface area contributed by atoms with E-state index in [4.69, 9.17) is 10.9 Å². The van der Waals surface area contributed by atoms with Crippen LogP contribution >= 0.6 is 0 Å². The van der Waals surface area contributed by atoms with E-state index in [0.717, 1.165) is 6.33 Å². The van der Waals surface area contributed by atoms with Crippen molar-refractivity contribution in [3.05, 3.63) is 16.7 Å². The van der Waals surface area contributed by atoms with E-state index < -0.39 is 5.56 Å². The lowest BCUT2D eigenvalue weighted by atomic mass is 10.5. The molecular weight excluding hydrogens is 162 g/mol. The highest BCUT2D eigenvalue weighted by Crippen LogP contribution is 2.02. The fourth-order valence-electron chi connectivity index (χ4n) is 0.915. The van der Waals surface area contributed by atoms with Gasteiger partial charge in [0.05, 0.1) is 0 Å². The van der Waals surface area contributed by atoms with Gasteiger partial charge in [0, 0.05) is 0 Å². The molecule has 12 heavy (non-hydrogen) atoms. The first-order valence-electron chi connectivity index (χ1n) is 3.10. The van der Waals surface area contributed by atoms with E-state index in [-0.39, 0.29) is 17.1 Å². The Balaban J connectivity index is 3.03. The second-order valence-corrected chi connectivity index (χ2v) is 2.21. The van der Waals surface area contributed by atoms with Gasteiger partial charge in [-0.1, -0.05) is 0 Å². The number of imidazole rings is 1. The van der Waals surface area contributed by atoms with E-state index in [1.54, 1.807) is 0 Å². The number of aromatic amines is 1. The van der Waals surface area contributed by atoms with Crippen LogP contribution in [0.3, 0.4) is 0 Å². The third-order valence-electron chi connectivity index (χ3n) is 1.41. The van der Waals surface area contributed by atoms with E-state index in [9.17, 15) is 4.79 Å².